The van der Waals surface area contributed by atoms with Crippen molar-refractivity contribution < 1.29 is 14.3 Å². The van der Waals surface area contributed by atoms with Gasteiger partial charge in [0.15, 0.2) is 5.75 Å². The smallest absolute Gasteiger partial charge is 0.343 e. The fourth-order valence-corrected chi connectivity index (χ4v) is 3.12. The summed E-state index contributed by atoms with van der Waals surface area (Å²) in [5, 5.41) is 0.715. The molecule has 23 heavy (non-hydrogen) atoms. The Hall–Kier alpha value is -1.23. The first kappa shape index (κ1) is 18.1. The maximum atomic E-state index is 12.2. The van der Waals surface area contributed by atoms with Crippen LogP contribution < -0.4 is 9.47 Å². The van der Waals surface area contributed by atoms with Gasteiger partial charge in [-0.25, -0.2) is 4.79 Å². The second kappa shape index (κ2) is 8.57. The molecule has 0 atom stereocenters. The number of ether oxygens (including phenoxy) is 2. The number of unbranched alkanes of at least 4 members (excludes halogenated alkanes) is 1. The molecule has 0 aromatic heterocycles. The highest BCUT2D eigenvalue weighted by Crippen LogP contribution is 2.36. The lowest BCUT2D eigenvalue weighted by molar-refractivity contribution is 0.0733. The lowest BCUT2D eigenvalue weighted by Gasteiger charge is -2.10. The van der Waals surface area contributed by atoms with Crippen LogP contribution in [-0.4, -0.2) is 12.6 Å². The molecule has 2 rings (SSSR count). The third-order valence-corrected chi connectivity index (χ3v) is 4.10. The third kappa shape index (κ3) is 5.13. The Morgan fingerprint density at radius 1 is 1.17 bits per heavy atom. The molecular formula is C17H15BrCl2O3. The average Bonchev–Trinajstić information content (AvgIpc) is 2.51. The zero-order valence-corrected chi connectivity index (χ0v) is 15.5. The molecule has 0 heterocycles. The molecule has 0 saturated heterocycles. The van der Waals surface area contributed by atoms with Crippen molar-refractivity contribution in [3.05, 3.63) is 56.5 Å². The van der Waals surface area contributed by atoms with E-state index in [1.165, 1.54) is 6.07 Å². The molecule has 2 aromatic rings. The molecule has 122 valence electrons. The number of halogens is 3. The second-order valence-corrected chi connectivity index (χ2v) is 6.51. The molecule has 0 aliphatic heterocycles. The largest absolute Gasteiger partial charge is 0.494 e. The van der Waals surface area contributed by atoms with Gasteiger partial charge in [-0.2, -0.15) is 0 Å². The van der Waals surface area contributed by atoms with Crippen molar-refractivity contribution in [2.75, 3.05) is 6.61 Å². The number of rotatable bonds is 6. The van der Waals surface area contributed by atoms with Crippen LogP contribution in [0.3, 0.4) is 0 Å². The van der Waals surface area contributed by atoms with E-state index in [-0.39, 0.29) is 10.8 Å². The summed E-state index contributed by atoms with van der Waals surface area (Å²) in [4.78, 5) is 12.2. The highest BCUT2D eigenvalue weighted by Gasteiger charge is 2.15. The van der Waals surface area contributed by atoms with Crippen molar-refractivity contribution >= 4 is 45.1 Å². The van der Waals surface area contributed by atoms with E-state index in [1.54, 1.807) is 30.3 Å². The number of carbonyl (C=O) groups is 1. The van der Waals surface area contributed by atoms with E-state index in [4.69, 9.17) is 32.7 Å². The number of hydrogen-bond donors (Lipinski definition) is 0. The monoisotopic (exact) mass is 416 g/mol. The summed E-state index contributed by atoms with van der Waals surface area (Å²) in [6.45, 7) is 2.76. The number of hydrogen-bond acceptors (Lipinski definition) is 3. The van der Waals surface area contributed by atoms with Crippen LogP contribution in [0, 0.1) is 0 Å². The standard InChI is InChI=1S/C17H15BrCl2O3/c1-2-3-8-22-13-6-4-11(5-7-13)17(21)23-16-14(18)9-12(19)10-15(16)20/h4-7,9-10H,2-3,8H2,1H3. The van der Waals surface area contributed by atoms with E-state index in [0.717, 1.165) is 18.6 Å². The zero-order chi connectivity index (χ0) is 16.8. The first-order valence-corrected chi connectivity index (χ1v) is 8.65. The summed E-state index contributed by atoms with van der Waals surface area (Å²) >= 11 is 15.2. The first-order chi connectivity index (χ1) is 11.0. The van der Waals surface area contributed by atoms with Crippen LogP contribution in [0.2, 0.25) is 10.0 Å². The fourth-order valence-electron chi connectivity index (χ4n) is 1.80. The van der Waals surface area contributed by atoms with Crippen LogP contribution in [0.5, 0.6) is 11.5 Å². The maximum absolute atomic E-state index is 12.2. The average molecular weight is 418 g/mol. The Morgan fingerprint density at radius 3 is 2.48 bits per heavy atom. The molecule has 0 amide bonds. The zero-order valence-electron chi connectivity index (χ0n) is 12.4. The minimum atomic E-state index is -0.505. The van der Waals surface area contributed by atoms with E-state index in [0.29, 0.717) is 21.7 Å². The van der Waals surface area contributed by atoms with Crippen molar-refractivity contribution in [3.63, 3.8) is 0 Å². The Bertz CT molecular complexity index is 664. The molecule has 0 saturated carbocycles. The predicted octanol–water partition coefficient (Wildman–Crippen LogP) is 6.15. The van der Waals surface area contributed by atoms with Gasteiger partial charge in [-0.05, 0) is 58.7 Å². The number of esters is 1. The van der Waals surface area contributed by atoms with Crippen LogP contribution in [0.1, 0.15) is 30.1 Å². The highest BCUT2D eigenvalue weighted by atomic mass is 79.9. The van der Waals surface area contributed by atoms with Gasteiger partial charge in [-0.1, -0.05) is 36.5 Å². The molecule has 0 aliphatic rings. The number of carbonyl (C=O) groups excluding carboxylic acids is 1. The lowest BCUT2D eigenvalue weighted by Crippen LogP contribution is -2.09. The summed E-state index contributed by atoms with van der Waals surface area (Å²) in [6.07, 6.45) is 2.06. The van der Waals surface area contributed by atoms with Gasteiger partial charge in [-0.3, -0.25) is 0 Å². The van der Waals surface area contributed by atoms with Crippen molar-refractivity contribution in [1.82, 2.24) is 0 Å². The molecule has 0 spiro atoms. The SMILES string of the molecule is CCCCOc1ccc(C(=O)Oc2c(Cl)cc(Cl)cc2Br)cc1. The van der Waals surface area contributed by atoms with Gasteiger partial charge in [-0.15, -0.1) is 0 Å². The molecule has 6 heteroatoms. The number of benzene rings is 2. The molecule has 0 unspecified atom stereocenters. The van der Waals surface area contributed by atoms with Crippen LogP contribution in [0.25, 0.3) is 0 Å². The van der Waals surface area contributed by atoms with Crippen molar-refractivity contribution in [3.8, 4) is 11.5 Å². The quantitative estimate of drug-likeness (QED) is 0.321. The van der Waals surface area contributed by atoms with Gasteiger partial charge in [0.25, 0.3) is 0 Å². The molecule has 0 fully saturated rings. The summed E-state index contributed by atoms with van der Waals surface area (Å²) in [5.41, 5.74) is 0.408. The first-order valence-electron chi connectivity index (χ1n) is 7.11. The minimum Gasteiger partial charge on any atom is -0.494 e. The molecule has 0 aliphatic carbocycles. The van der Waals surface area contributed by atoms with Crippen LogP contribution in [0.15, 0.2) is 40.9 Å². The molecule has 0 N–H and O–H groups in total. The molecule has 0 bridgehead atoms. The van der Waals surface area contributed by atoms with E-state index in [2.05, 4.69) is 22.9 Å². The van der Waals surface area contributed by atoms with Gasteiger partial charge < -0.3 is 9.47 Å². The van der Waals surface area contributed by atoms with E-state index < -0.39 is 5.97 Å². The molecular weight excluding hydrogens is 403 g/mol. The van der Waals surface area contributed by atoms with Gasteiger partial charge in [0.2, 0.25) is 0 Å². The predicted molar refractivity (Wildman–Crippen MR) is 96.0 cm³/mol. The Balaban J connectivity index is 2.06. The normalized spacial score (nSPS) is 10.4. The Labute approximate surface area is 153 Å². The summed E-state index contributed by atoms with van der Waals surface area (Å²) in [7, 11) is 0. The van der Waals surface area contributed by atoms with Crippen molar-refractivity contribution in [2.45, 2.75) is 19.8 Å². The van der Waals surface area contributed by atoms with Crippen LogP contribution in [0.4, 0.5) is 0 Å². The van der Waals surface area contributed by atoms with E-state index >= 15 is 0 Å². The fraction of sp³-hybridized carbons (Fsp3) is 0.235. The van der Waals surface area contributed by atoms with Gasteiger partial charge in [0, 0.05) is 5.02 Å². The van der Waals surface area contributed by atoms with Gasteiger partial charge >= 0.3 is 5.97 Å². The molecule has 2 aromatic carbocycles. The van der Waals surface area contributed by atoms with E-state index in [9.17, 15) is 4.79 Å². The summed E-state index contributed by atoms with van der Waals surface area (Å²) in [6, 6.07) is 9.92. The highest BCUT2D eigenvalue weighted by molar-refractivity contribution is 9.10. The summed E-state index contributed by atoms with van der Waals surface area (Å²) in [5.74, 6) is 0.458. The Kier molecular flexibility index (Phi) is 6.75. The van der Waals surface area contributed by atoms with Crippen LogP contribution >= 0.6 is 39.1 Å². The Morgan fingerprint density at radius 2 is 1.87 bits per heavy atom. The lowest BCUT2D eigenvalue weighted by atomic mass is 10.2. The topological polar surface area (TPSA) is 35.5 Å². The summed E-state index contributed by atoms with van der Waals surface area (Å²) < 4.78 is 11.4. The molecule has 0 radical (unpaired) electrons. The van der Waals surface area contributed by atoms with E-state index in [1.807, 2.05) is 0 Å². The second-order valence-electron chi connectivity index (χ2n) is 4.81. The van der Waals surface area contributed by atoms with Crippen molar-refractivity contribution in [1.29, 1.82) is 0 Å². The van der Waals surface area contributed by atoms with Gasteiger partial charge in [0.1, 0.15) is 5.75 Å². The van der Waals surface area contributed by atoms with Gasteiger partial charge in [0.05, 0.1) is 21.7 Å². The minimum absolute atomic E-state index is 0.240. The van der Waals surface area contributed by atoms with Crippen LogP contribution in [-0.2, 0) is 0 Å². The maximum Gasteiger partial charge on any atom is 0.343 e. The third-order valence-electron chi connectivity index (χ3n) is 3.01. The van der Waals surface area contributed by atoms with Crippen molar-refractivity contribution in [2.24, 2.45) is 0 Å². The molecule has 3 nitrogen and oxygen atoms in total.